The van der Waals surface area contributed by atoms with Gasteiger partial charge in [-0.2, -0.15) is 4.31 Å². The maximum Gasteiger partial charge on any atom is 0.289 e. The van der Waals surface area contributed by atoms with E-state index in [1.807, 2.05) is 6.92 Å². The Hall–Kier alpha value is -1.86. The van der Waals surface area contributed by atoms with Crippen molar-refractivity contribution in [2.45, 2.75) is 51.9 Å². The molecule has 6 nitrogen and oxygen atoms in total. The fourth-order valence-electron chi connectivity index (χ4n) is 4.19. The Morgan fingerprint density at radius 3 is 2.52 bits per heavy atom. The molecule has 2 heterocycles. The van der Waals surface area contributed by atoms with Crippen LogP contribution >= 0.6 is 0 Å². The van der Waals surface area contributed by atoms with Crippen LogP contribution in [0.15, 0.2) is 27.5 Å². The molecule has 2 unspecified atom stereocenters. The van der Waals surface area contributed by atoms with E-state index in [9.17, 15) is 13.2 Å². The summed E-state index contributed by atoms with van der Waals surface area (Å²) in [7, 11) is -1.82. The summed E-state index contributed by atoms with van der Waals surface area (Å²) >= 11 is 0. The summed E-state index contributed by atoms with van der Waals surface area (Å²) in [4.78, 5) is 14.7. The Morgan fingerprint density at radius 1 is 1.24 bits per heavy atom. The molecule has 0 spiro atoms. The lowest BCUT2D eigenvalue weighted by Crippen LogP contribution is -2.42. The minimum absolute atomic E-state index is 0.171. The number of nitrogens with zero attached hydrogens (tertiary/aromatic N) is 2. The minimum atomic E-state index is -3.58. The molecular weight excluding hydrogens is 388 g/mol. The van der Waals surface area contributed by atoms with Crippen LogP contribution in [0.2, 0.25) is 0 Å². The molecule has 1 fully saturated rings. The van der Waals surface area contributed by atoms with Crippen LogP contribution in [0.4, 0.5) is 0 Å². The van der Waals surface area contributed by atoms with Gasteiger partial charge in [0, 0.05) is 37.6 Å². The van der Waals surface area contributed by atoms with Crippen LogP contribution in [-0.2, 0) is 10.0 Å². The Labute approximate surface area is 173 Å². The molecule has 0 N–H and O–H groups in total. The standard InChI is InChI=1S/C22H32N2O4S/c1-6-7-10-23(5)22(25)21-17(4)19-12-18(8-9-20(19)28-21)29(26,27)24-13-15(2)11-16(3)14-24/h8-9,12,15-16H,6-7,10-11,13-14H2,1-5H3. The zero-order chi connectivity index (χ0) is 21.3. The Balaban J connectivity index is 1.94. The van der Waals surface area contributed by atoms with Gasteiger partial charge in [0.1, 0.15) is 5.58 Å². The van der Waals surface area contributed by atoms with Crippen LogP contribution in [0.1, 0.15) is 56.2 Å². The van der Waals surface area contributed by atoms with Gasteiger partial charge in [0.15, 0.2) is 5.76 Å². The third-order valence-electron chi connectivity index (χ3n) is 5.77. The second-order valence-electron chi connectivity index (χ2n) is 8.56. The average Bonchev–Trinajstić information content (AvgIpc) is 3.00. The van der Waals surface area contributed by atoms with Crippen LogP contribution in [0.5, 0.6) is 0 Å². The lowest BCUT2D eigenvalue weighted by atomic mass is 9.94. The molecular formula is C22H32N2O4S. The highest BCUT2D eigenvalue weighted by atomic mass is 32.2. The number of furan rings is 1. The van der Waals surface area contributed by atoms with E-state index in [1.54, 1.807) is 34.5 Å². The SMILES string of the molecule is CCCCN(C)C(=O)c1oc2ccc(S(=O)(=O)N3CC(C)CC(C)C3)cc2c1C. The van der Waals surface area contributed by atoms with Gasteiger partial charge in [0.2, 0.25) is 10.0 Å². The first-order valence-corrected chi connectivity index (χ1v) is 11.9. The molecule has 2 aromatic rings. The number of amides is 1. The summed E-state index contributed by atoms with van der Waals surface area (Å²) in [5.41, 5.74) is 1.22. The Morgan fingerprint density at radius 2 is 1.90 bits per heavy atom. The molecule has 3 rings (SSSR count). The number of aryl methyl sites for hydroxylation is 1. The number of benzene rings is 1. The van der Waals surface area contributed by atoms with Crippen molar-refractivity contribution in [2.24, 2.45) is 11.8 Å². The van der Waals surface area contributed by atoms with Crippen LogP contribution < -0.4 is 0 Å². The van der Waals surface area contributed by atoms with Crippen molar-refractivity contribution in [1.82, 2.24) is 9.21 Å². The minimum Gasteiger partial charge on any atom is -0.451 e. The third-order valence-corrected chi connectivity index (χ3v) is 7.60. The topological polar surface area (TPSA) is 70.8 Å². The van der Waals surface area contributed by atoms with Gasteiger partial charge in [-0.1, -0.05) is 27.2 Å². The third kappa shape index (κ3) is 4.36. The second-order valence-corrected chi connectivity index (χ2v) is 10.5. The van der Waals surface area contributed by atoms with E-state index in [0.717, 1.165) is 19.3 Å². The lowest BCUT2D eigenvalue weighted by molar-refractivity contribution is 0.0763. The summed E-state index contributed by atoms with van der Waals surface area (Å²) in [5.74, 6) is 0.801. The van der Waals surface area contributed by atoms with Gasteiger partial charge in [0.25, 0.3) is 5.91 Å². The van der Waals surface area contributed by atoms with E-state index in [4.69, 9.17) is 4.42 Å². The van der Waals surface area contributed by atoms with Crippen molar-refractivity contribution >= 4 is 26.9 Å². The molecule has 1 aliphatic rings. The number of piperidine rings is 1. The Kier molecular flexibility index (Phi) is 6.39. The van der Waals surface area contributed by atoms with Gasteiger partial charge in [0.05, 0.1) is 4.90 Å². The smallest absolute Gasteiger partial charge is 0.289 e. The van der Waals surface area contributed by atoms with Crippen LogP contribution in [0.3, 0.4) is 0 Å². The van der Waals surface area contributed by atoms with Crippen molar-refractivity contribution in [3.8, 4) is 0 Å². The molecule has 2 atom stereocenters. The zero-order valence-corrected chi connectivity index (χ0v) is 18.9. The molecule has 0 aliphatic carbocycles. The van der Waals surface area contributed by atoms with E-state index in [-0.39, 0.29) is 16.6 Å². The molecule has 0 radical (unpaired) electrons. The highest BCUT2D eigenvalue weighted by Crippen LogP contribution is 2.31. The second kappa shape index (κ2) is 8.48. The summed E-state index contributed by atoms with van der Waals surface area (Å²) in [6.07, 6.45) is 2.98. The number of carbonyl (C=O) groups is 1. The van der Waals surface area contributed by atoms with Gasteiger partial charge < -0.3 is 9.32 Å². The molecule has 29 heavy (non-hydrogen) atoms. The summed E-state index contributed by atoms with van der Waals surface area (Å²) in [6.45, 7) is 9.83. The number of unbranched alkanes of at least 4 members (excludes halogenated alkanes) is 1. The number of fused-ring (bicyclic) bond motifs is 1. The van der Waals surface area contributed by atoms with E-state index < -0.39 is 10.0 Å². The van der Waals surface area contributed by atoms with E-state index in [1.165, 1.54) is 0 Å². The molecule has 1 amide bonds. The van der Waals surface area contributed by atoms with Crippen LogP contribution in [0, 0.1) is 18.8 Å². The number of hydrogen-bond donors (Lipinski definition) is 0. The van der Waals surface area contributed by atoms with Gasteiger partial charge in [-0.3, -0.25) is 4.79 Å². The fraction of sp³-hybridized carbons (Fsp3) is 0.591. The van der Waals surface area contributed by atoms with Crippen molar-refractivity contribution in [3.05, 3.63) is 29.5 Å². The van der Waals surface area contributed by atoms with Crippen molar-refractivity contribution < 1.29 is 17.6 Å². The van der Waals surface area contributed by atoms with E-state index >= 15 is 0 Å². The maximum atomic E-state index is 13.2. The molecule has 160 valence electrons. The number of sulfonamides is 1. The zero-order valence-electron chi connectivity index (χ0n) is 18.1. The van der Waals surface area contributed by atoms with Gasteiger partial charge in [-0.15, -0.1) is 0 Å². The largest absolute Gasteiger partial charge is 0.451 e. The van der Waals surface area contributed by atoms with Gasteiger partial charge in [-0.05, 0) is 49.8 Å². The number of hydrogen-bond acceptors (Lipinski definition) is 4. The first-order valence-electron chi connectivity index (χ1n) is 10.4. The number of rotatable bonds is 6. The van der Waals surface area contributed by atoms with Gasteiger partial charge >= 0.3 is 0 Å². The first-order chi connectivity index (χ1) is 13.6. The quantitative estimate of drug-likeness (QED) is 0.699. The van der Waals surface area contributed by atoms with E-state index in [0.29, 0.717) is 48.0 Å². The van der Waals surface area contributed by atoms with Crippen LogP contribution in [0.25, 0.3) is 11.0 Å². The summed E-state index contributed by atoms with van der Waals surface area (Å²) in [5, 5.41) is 0.677. The van der Waals surface area contributed by atoms with Crippen LogP contribution in [-0.4, -0.2) is 50.2 Å². The molecule has 0 bridgehead atoms. The van der Waals surface area contributed by atoms with Crippen molar-refractivity contribution in [3.63, 3.8) is 0 Å². The molecule has 1 saturated heterocycles. The molecule has 1 aliphatic heterocycles. The monoisotopic (exact) mass is 420 g/mol. The highest BCUT2D eigenvalue weighted by Gasteiger charge is 2.32. The molecule has 1 aromatic carbocycles. The summed E-state index contributed by atoms with van der Waals surface area (Å²) in [6, 6.07) is 4.89. The van der Waals surface area contributed by atoms with E-state index in [2.05, 4.69) is 20.8 Å². The predicted molar refractivity (Wildman–Crippen MR) is 115 cm³/mol. The molecule has 0 saturated carbocycles. The summed E-state index contributed by atoms with van der Waals surface area (Å²) < 4.78 is 33.8. The first kappa shape index (κ1) is 21.8. The number of carbonyl (C=O) groups excluding carboxylic acids is 1. The lowest BCUT2D eigenvalue weighted by Gasteiger charge is -2.34. The maximum absolute atomic E-state index is 13.2. The highest BCUT2D eigenvalue weighted by molar-refractivity contribution is 7.89. The molecule has 7 heteroatoms. The average molecular weight is 421 g/mol. The molecule has 1 aromatic heterocycles. The Bertz CT molecular complexity index is 986. The normalized spacial score (nSPS) is 20.9. The van der Waals surface area contributed by atoms with Crippen molar-refractivity contribution in [2.75, 3.05) is 26.7 Å². The van der Waals surface area contributed by atoms with Gasteiger partial charge in [-0.25, -0.2) is 8.42 Å². The fourth-order valence-corrected chi connectivity index (χ4v) is 5.89. The predicted octanol–water partition coefficient (Wildman–Crippen LogP) is 4.28. The van der Waals surface area contributed by atoms with Crippen molar-refractivity contribution in [1.29, 1.82) is 0 Å².